The molecular formula is C18H22N2O4S. The van der Waals surface area contributed by atoms with Gasteiger partial charge in [0.15, 0.2) is 6.61 Å². The zero-order valence-electron chi connectivity index (χ0n) is 14.6. The summed E-state index contributed by atoms with van der Waals surface area (Å²) in [5, 5.41) is 2.76. The molecular weight excluding hydrogens is 340 g/mol. The second-order valence-corrected chi connectivity index (χ2v) is 8.17. The molecule has 0 saturated carbocycles. The average Bonchev–Trinajstić information content (AvgIpc) is 3.06. The van der Waals surface area contributed by atoms with Crippen LogP contribution >= 0.6 is 11.8 Å². The van der Waals surface area contributed by atoms with E-state index >= 15 is 0 Å². The normalized spacial score (nSPS) is 25.0. The van der Waals surface area contributed by atoms with Crippen LogP contribution < -0.4 is 5.32 Å². The molecule has 0 unspecified atom stereocenters. The number of ether oxygens (including phenoxy) is 1. The average molecular weight is 362 g/mol. The maximum atomic E-state index is 12.3. The van der Waals surface area contributed by atoms with Crippen LogP contribution in [0.2, 0.25) is 0 Å². The molecule has 134 valence electrons. The Morgan fingerprint density at radius 2 is 2.16 bits per heavy atom. The Hall–Kier alpha value is -2.02. The van der Waals surface area contributed by atoms with Crippen LogP contribution in [0.1, 0.15) is 30.9 Å². The molecule has 2 saturated heterocycles. The van der Waals surface area contributed by atoms with E-state index in [1.165, 1.54) is 0 Å². The van der Waals surface area contributed by atoms with Crippen molar-refractivity contribution in [3.63, 3.8) is 0 Å². The van der Waals surface area contributed by atoms with Crippen molar-refractivity contribution < 1.29 is 19.1 Å². The quantitative estimate of drug-likeness (QED) is 0.832. The lowest BCUT2D eigenvalue weighted by Gasteiger charge is -2.29. The van der Waals surface area contributed by atoms with Gasteiger partial charge in [-0.25, -0.2) is 4.79 Å². The lowest BCUT2D eigenvalue weighted by Crippen LogP contribution is -2.47. The topological polar surface area (TPSA) is 75.7 Å². The van der Waals surface area contributed by atoms with Gasteiger partial charge in [-0.3, -0.25) is 9.59 Å². The Balaban J connectivity index is 1.56. The molecule has 2 amide bonds. The summed E-state index contributed by atoms with van der Waals surface area (Å²) in [6.45, 7) is 5.51. The van der Waals surface area contributed by atoms with E-state index in [9.17, 15) is 14.4 Å². The molecule has 1 aromatic carbocycles. The zero-order valence-corrected chi connectivity index (χ0v) is 15.4. The fourth-order valence-corrected chi connectivity index (χ4v) is 4.72. The number of nitrogens with zero attached hydrogens (tertiary/aromatic N) is 1. The number of hydrogen-bond donors (Lipinski definition) is 1. The Morgan fingerprint density at radius 1 is 1.40 bits per heavy atom. The summed E-state index contributed by atoms with van der Waals surface area (Å²) in [4.78, 5) is 37.8. The van der Waals surface area contributed by atoms with Gasteiger partial charge < -0.3 is 15.0 Å². The molecule has 2 heterocycles. The first-order valence-electron chi connectivity index (χ1n) is 8.30. The number of hydrogen-bond acceptors (Lipinski definition) is 5. The predicted molar refractivity (Wildman–Crippen MR) is 96.2 cm³/mol. The molecule has 1 N–H and O–H groups in total. The minimum atomic E-state index is -0.599. The van der Waals surface area contributed by atoms with Crippen molar-refractivity contribution in [2.24, 2.45) is 0 Å². The third-order valence-electron chi connectivity index (χ3n) is 4.94. The van der Waals surface area contributed by atoms with Crippen LogP contribution in [0.15, 0.2) is 18.2 Å². The maximum Gasteiger partial charge on any atom is 0.330 e. The van der Waals surface area contributed by atoms with Crippen molar-refractivity contribution in [1.82, 2.24) is 4.90 Å². The van der Waals surface area contributed by atoms with E-state index in [0.29, 0.717) is 17.9 Å². The number of amides is 2. The van der Waals surface area contributed by atoms with Crippen LogP contribution in [0, 0.1) is 13.8 Å². The number of aryl methyl sites for hydroxylation is 1. The highest BCUT2D eigenvalue weighted by atomic mass is 32.2. The Kier molecular flexibility index (Phi) is 4.77. The highest BCUT2D eigenvalue weighted by Gasteiger charge is 2.53. The predicted octanol–water partition coefficient (Wildman–Crippen LogP) is 2.24. The molecule has 0 aromatic heterocycles. The molecule has 0 aliphatic carbocycles. The van der Waals surface area contributed by atoms with Gasteiger partial charge in [-0.05, 0) is 44.4 Å². The van der Waals surface area contributed by atoms with Crippen molar-refractivity contribution in [2.45, 2.75) is 44.5 Å². The van der Waals surface area contributed by atoms with Gasteiger partial charge in [0.05, 0.1) is 4.87 Å². The van der Waals surface area contributed by atoms with Crippen LogP contribution in [-0.4, -0.2) is 46.0 Å². The second kappa shape index (κ2) is 6.71. The van der Waals surface area contributed by atoms with Crippen LogP contribution in [-0.2, 0) is 19.1 Å². The first-order chi connectivity index (χ1) is 11.8. The van der Waals surface area contributed by atoms with Gasteiger partial charge in [0.1, 0.15) is 6.04 Å². The third kappa shape index (κ3) is 3.38. The van der Waals surface area contributed by atoms with E-state index in [1.807, 2.05) is 39.0 Å². The minimum Gasteiger partial charge on any atom is -0.454 e. The zero-order chi connectivity index (χ0) is 18.2. The van der Waals surface area contributed by atoms with Gasteiger partial charge in [-0.1, -0.05) is 12.1 Å². The van der Waals surface area contributed by atoms with Gasteiger partial charge in [0, 0.05) is 17.9 Å². The number of thioether (sulfide) groups is 1. The number of rotatable bonds is 4. The lowest BCUT2D eigenvalue weighted by atomic mass is 10.1. The lowest BCUT2D eigenvalue weighted by molar-refractivity contribution is -0.155. The molecule has 0 spiro atoms. The largest absolute Gasteiger partial charge is 0.454 e. The van der Waals surface area contributed by atoms with Crippen molar-refractivity contribution in [2.75, 3.05) is 17.7 Å². The van der Waals surface area contributed by atoms with E-state index in [0.717, 1.165) is 17.5 Å². The molecule has 3 rings (SSSR count). The Labute approximate surface area is 151 Å². The Bertz CT molecular complexity index is 736. The summed E-state index contributed by atoms with van der Waals surface area (Å²) >= 11 is 1.60. The minimum absolute atomic E-state index is 0.0192. The SMILES string of the molecule is Cc1cccc(NC(=O)COC(=O)[C@@H]2CS[C@@]3(C)CCC(=O)N23)c1C. The molecule has 7 heteroatoms. The van der Waals surface area contributed by atoms with Gasteiger partial charge in [0.2, 0.25) is 5.91 Å². The highest BCUT2D eigenvalue weighted by molar-refractivity contribution is 8.01. The van der Waals surface area contributed by atoms with Crippen LogP contribution in [0.4, 0.5) is 5.69 Å². The van der Waals surface area contributed by atoms with Crippen molar-refractivity contribution >= 4 is 35.2 Å². The number of benzene rings is 1. The van der Waals surface area contributed by atoms with Crippen molar-refractivity contribution in [1.29, 1.82) is 0 Å². The van der Waals surface area contributed by atoms with E-state index in [-0.39, 0.29) is 23.3 Å². The molecule has 2 aliphatic rings. The van der Waals surface area contributed by atoms with Crippen LogP contribution in [0.5, 0.6) is 0 Å². The smallest absolute Gasteiger partial charge is 0.330 e. The van der Waals surface area contributed by atoms with E-state index in [4.69, 9.17) is 4.74 Å². The van der Waals surface area contributed by atoms with Crippen LogP contribution in [0.25, 0.3) is 0 Å². The first kappa shape index (κ1) is 17.8. The second-order valence-electron chi connectivity index (χ2n) is 6.67. The van der Waals surface area contributed by atoms with Gasteiger partial charge in [0.25, 0.3) is 5.91 Å². The number of nitrogens with one attached hydrogen (secondary N) is 1. The van der Waals surface area contributed by atoms with Crippen molar-refractivity contribution in [3.05, 3.63) is 29.3 Å². The summed E-state index contributed by atoms with van der Waals surface area (Å²) in [6.07, 6.45) is 1.20. The summed E-state index contributed by atoms with van der Waals surface area (Å²) in [5.41, 5.74) is 2.76. The Morgan fingerprint density at radius 3 is 2.92 bits per heavy atom. The van der Waals surface area contributed by atoms with Crippen LogP contribution in [0.3, 0.4) is 0 Å². The monoisotopic (exact) mass is 362 g/mol. The summed E-state index contributed by atoms with van der Waals surface area (Å²) in [5.74, 6) is -0.403. The van der Waals surface area contributed by atoms with E-state index < -0.39 is 12.0 Å². The van der Waals surface area contributed by atoms with Gasteiger partial charge >= 0.3 is 5.97 Å². The van der Waals surface area contributed by atoms with Crippen molar-refractivity contribution in [3.8, 4) is 0 Å². The molecule has 1 aromatic rings. The summed E-state index contributed by atoms with van der Waals surface area (Å²) in [6, 6.07) is 5.04. The fraction of sp³-hybridized carbons (Fsp3) is 0.500. The fourth-order valence-electron chi connectivity index (χ4n) is 3.30. The van der Waals surface area contributed by atoms with Gasteiger partial charge in [-0.2, -0.15) is 0 Å². The first-order valence-corrected chi connectivity index (χ1v) is 9.29. The molecule has 2 aliphatic heterocycles. The maximum absolute atomic E-state index is 12.3. The molecule has 25 heavy (non-hydrogen) atoms. The molecule has 2 atom stereocenters. The number of esters is 1. The molecule has 2 fully saturated rings. The van der Waals surface area contributed by atoms with E-state index in [1.54, 1.807) is 16.7 Å². The van der Waals surface area contributed by atoms with Gasteiger partial charge in [-0.15, -0.1) is 11.8 Å². The molecule has 0 radical (unpaired) electrons. The molecule has 0 bridgehead atoms. The highest BCUT2D eigenvalue weighted by Crippen LogP contribution is 2.47. The summed E-state index contributed by atoms with van der Waals surface area (Å²) in [7, 11) is 0. The number of carbonyl (C=O) groups excluding carboxylic acids is 3. The third-order valence-corrected chi connectivity index (χ3v) is 6.45. The number of fused-ring (bicyclic) bond motifs is 1. The molecule has 6 nitrogen and oxygen atoms in total. The number of anilines is 1. The van der Waals surface area contributed by atoms with E-state index in [2.05, 4.69) is 5.32 Å². The standard InChI is InChI=1S/C18H22N2O4S/c1-11-5-4-6-13(12(11)2)19-15(21)9-24-17(23)14-10-25-18(3)8-7-16(22)20(14)18/h4-6,14H,7-10H2,1-3H3,(H,19,21)/t14-,18-/m0/s1. The number of carbonyl (C=O) groups is 3. The summed E-state index contributed by atoms with van der Waals surface area (Å²) < 4.78 is 5.17.